The van der Waals surface area contributed by atoms with Gasteiger partial charge in [0.2, 0.25) is 0 Å². The van der Waals surface area contributed by atoms with Crippen LogP contribution in [0.3, 0.4) is 0 Å². The van der Waals surface area contributed by atoms with Gasteiger partial charge in [0.05, 0.1) is 5.25 Å². The highest BCUT2D eigenvalue weighted by atomic mass is 35.5. The van der Waals surface area contributed by atoms with Crippen molar-refractivity contribution in [2.75, 3.05) is 19.4 Å². The highest BCUT2D eigenvalue weighted by Gasteiger charge is 2.34. The Morgan fingerprint density at radius 2 is 2.00 bits per heavy atom. The molecule has 4 nitrogen and oxygen atoms in total. The fourth-order valence-electron chi connectivity index (χ4n) is 2.62. The Balaban J connectivity index is 1.74. The molecule has 0 heterocycles. The molecule has 0 amide bonds. The maximum absolute atomic E-state index is 11.6. The van der Waals surface area contributed by atoms with E-state index in [9.17, 15) is 8.42 Å². The van der Waals surface area contributed by atoms with Crippen LogP contribution in [0.1, 0.15) is 19.3 Å². The molecule has 1 aromatic rings. The van der Waals surface area contributed by atoms with Crippen LogP contribution in [0.25, 0.3) is 0 Å². The Kier molecular flexibility index (Phi) is 5.29. The van der Waals surface area contributed by atoms with Crippen LogP contribution in [-0.2, 0) is 9.84 Å². The number of halogens is 1. The van der Waals surface area contributed by atoms with Crippen LogP contribution in [0.4, 0.5) is 0 Å². The SMILES string of the molecule is CS(=O)(=O)[C@@H]1CCC[C@H]1NCCOc1ccc(Cl)cc1. The molecule has 2 atom stereocenters. The molecule has 0 saturated heterocycles. The summed E-state index contributed by atoms with van der Waals surface area (Å²) in [5.41, 5.74) is 0. The van der Waals surface area contributed by atoms with Crippen molar-refractivity contribution in [2.24, 2.45) is 0 Å². The first-order chi connectivity index (χ1) is 9.47. The van der Waals surface area contributed by atoms with Gasteiger partial charge in [-0.3, -0.25) is 0 Å². The smallest absolute Gasteiger partial charge is 0.151 e. The van der Waals surface area contributed by atoms with E-state index in [4.69, 9.17) is 16.3 Å². The van der Waals surface area contributed by atoms with Crippen molar-refractivity contribution >= 4 is 21.4 Å². The number of nitrogens with one attached hydrogen (secondary N) is 1. The Hall–Kier alpha value is -0.780. The maximum atomic E-state index is 11.6. The Labute approximate surface area is 125 Å². The van der Waals surface area contributed by atoms with Gasteiger partial charge in [-0.05, 0) is 37.1 Å². The fourth-order valence-corrected chi connectivity index (χ4v) is 4.17. The number of hydrogen-bond donors (Lipinski definition) is 1. The van der Waals surface area contributed by atoms with Gasteiger partial charge in [0.15, 0.2) is 9.84 Å². The molecule has 0 aliphatic heterocycles. The summed E-state index contributed by atoms with van der Waals surface area (Å²) >= 11 is 5.79. The monoisotopic (exact) mass is 317 g/mol. The molecule has 1 aromatic carbocycles. The van der Waals surface area contributed by atoms with Gasteiger partial charge in [-0.15, -0.1) is 0 Å². The summed E-state index contributed by atoms with van der Waals surface area (Å²) in [4.78, 5) is 0. The predicted octanol–water partition coefficient (Wildman–Crippen LogP) is 2.27. The van der Waals surface area contributed by atoms with Crippen molar-refractivity contribution < 1.29 is 13.2 Å². The van der Waals surface area contributed by atoms with Gasteiger partial charge in [0.25, 0.3) is 0 Å². The summed E-state index contributed by atoms with van der Waals surface area (Å²) in [5.74, 6) is 0.766. The Bertz CT molecular complexity index is 530. The van der Waals surface area contributed by atoms with Crippen LogP contribution in [0.5, 0.6) is 5.75 Å². The van der Waals surface area contributed by atoms with Crippen molar-refractivity contribution in [1.82, 2.24) is 5.32 Å². The zero-order valence-corrected chi connectivity index (χ0v) is 13.1. The van der Waals surface area contributed by atoms with Crippen LogP contribution in [0, 0.1) is 0 Å². The van der Waals surface area contributed by atoms with Crippen LogP contribution in [0.15, 0.2) is 24.3 Å². The molecule has 112 valence electrons. The molecule has 6 heteroatoms. The Morgan fingerprint density at radius 1 is 1.30 bits per heavy atom. The molecule has 1 aliphatic rings. The van der Waals surface area contributed by atoms with E-state index in [1.807, 2.05) is 12.1 Å². The predicted molar refractivity (Wildman–Crippen MR) is 81.2 cm³/mol. The third-order valence-corrected chi connectivity index (χ3v) is 5.51. The summed E-state index contributed by atoms with van der Waals surface area (Å²) in [6.07, 6.45) is 3.96. The van der Waals surface area contributed by atoms with E-state index in [0.717, 1.165) is 25.0 Å². The number of rotatable bonds is 6. The van der Waals surface area contributed by atoms with Crippen molar-refractivity contribution in [2.45, 2.75) is 30.6 Å². The first kappa shape index (κ1) is 15.6. The quantitative estimate of drug-likeness (QED) is 0.818. The molecule has 20 heavy (non-hydrogen) atoms. The lowest BCUT2D eigenvalue weighted by molar-refractivity contribution is 0.305. The zero-order valence-electron chi connectivity index (χ0n) is 11.5. The molecule has 1 N–H and O–H groups in total. The third kappa shape index (κ3) is 4.36. The van der Waals surface area contributed by atoms with E-state index in [1.54, 1.807) is 12.1 Å². The number of benzene rings is 1. The van der Waals surface area contributed by atoms with Crippen LogP contribution in [-0.4, -0.2) is 39.1 Å². The minimum atomic E-state index is -2.96. The normalized spacial score (nSPS) is 22.9. The average molecular weight is 318 g/mol. The number of hydrogen-bond acceptors (Lipinski definition) is 4. The second kappa shape index (κ2) is 6.78. The number of sulfone groups is 1. The molecule has 0 bridgehead atoms. The van der Waals surface area contributed by atoms with Crippen molar-refractivity contribution in [3.8, 4) is 5.75 Å². The van der Waals surface area contributed by atoms with Crippen LogP contribution in [0.2, 0.25) is 5.02 Å². The van der Waals surface area contributed by atoms with E-state index in [2.05, 4.69) is 5.32 Å². The highest BCUT2D eigenvalue weighted by molar-refractivity contribution is 7.91. The highest BCUT2D eigenvalue weighted by Crippen LogP contribution is 2.24. The lowest BCUT2D eigenvalue weighted by Crippen LogP contribution is -2.41. The fraction of sp³-hybridized carbons (Fsp3) is 0.571. The van der Waals surface area contributed by atoms with Gasteiger partial charge in [-0.25, -0.2) is 8.42 Å². The summed E-state index contributed by atoms with van der Waals surface area (Å²) in [5, 5.41) is 3.72. The minimum absolute atomic E-state index is 0.0545. The van der Waals surface area contributed by atoms with Gasteiger partial charge < -0.3 is 10.1 Å². The van der Waals surface area contributed by atoms with E-state index in [0.29, 0.717) is 18.2 Å². The standard InChI is InChI=1S/C14H20ClNO3S/c1-20(17,18)14-4-2-3-13(14)16-9-10-19-12-7-5-11(15)6-8-12/h5-8,13-14,16H,2-4,9-10H2,1H3/t13-,14-/m1/s1. The molecule has 0 unspecified atom stereocenters. The first-order valence-electron chi connectivity index (χ1n) is 6.77. The molecule has 1 fully saturated rings. The van der Waals surface area contributed by atoms with Gasteiger partial charge in [-0.2, -0.15) is 0 Å². The van der Waals surface area contributed by atoms with Crippen molar-refractivity contribution in [3.05, 3.63) is 29.3 Å². The molecule has 2 rings (SSSR count). The molecular weight excluding hydrogens is 298 g/mol. The van der Waals surface area contributed by atoms with Crippen molar-refractivity contribution in [1.29, 1.82) is 0 Å². The molecular formula is C14H20ClNO3S. The zero-order chi connectivity index (χ0) is 14.6. The topological polar surface area (TPSA) is 55.4 Å². The van der Waals surface area contributed by atoms with E-state index in [-0.39, 0.29) is 11.3 Å². The first-order valence-corrected chi connectivity index (χ1v) is 9.11. The summed E-state index contributed by atoms with van der Waals surface area (Å²) in [6.45, 7) is 1.15. The molecule has 1 saturated carbocycles. The molecule has 1 aliphatic carbocycles. The van der Waals surface area contributed by atoms with E-state index < -0.39 is 9.84 Å². The molecule has 0 spiro atoms. The minimum Gasteiger partial charge on any atom is -0.492 e. The van der Waals surface area contributed by atoms with E-state index in [1.165, 1.54) is 6.26 Å². The van der Waals surface area contributed by atoms with E-state index >= 15 is 0 Å². The molecule has 0 aromatic heterocycles. The van der Waals surface area contributed by atoms with Crippen molar-refractivity contribution in [3.63, 3.8) is 0 Å². The maximum Gasteiger partial charge on any atom is 0.151 e. The lowest BCUT2D eigenvalue weighted by Gasteiger charge is -2.19. The summed E-state index contributed by atoms with van der Waals surface area (Å²) in [6, 6.07) is 7.25. The van der Waals surface area contributed by atoms with Gasteiger partial charge in [-0.1, -0.05) is 18.0 Å². The summed E-state index contributed by atoms with van der Waals surface area (Å²) in [7, 11) is -2.96. The average Bonchev–Trinajstić information content (AvgIpc) is 2.85. The van der Waals surface area contributed by atoms with Crippen LogP contribution < -0.4 is 10.1 Å². The molecule has 0 radical (unpaired) electrons. The Morgan fingerprint density at radius 3 is 2.65 bits per heavy atom. The van der Waals surface area contributed by atoms with Gasteiger partial charge in [0, 0.05) is 23.9 Å². The van der Waals surface area contributed by atoms with Gasteiger partial charge in [0.1, 0.15) is 12.4 Å². The van der Waals surface area contributed by atoms with Gasteiger partial charge >= 0.3 is 0 Å². The number of ether oxygens (including phenoxy) is 1. The second-order valence-corrected chi connectivity index (χ2v) is 7.86. The summed E-state index contributed by atoms with van der Waals surface area (Å²) < 4.78 is 28.9. The third-order valence-electron chi connectivity index (χ3n) is 3.59. The largest absolute Gasteiger partial charge is 0.492 e. The lowest BCUT2D eigenvalue weighted by atomic mass is 10.2. The van der Waals surface area contributed by atoms with Crippen LogP contribution >= 0.6 is 11.6 Å². The second-order valence-electron chi connectivity index (χ2n) is 5.16.